The Bertz CT molecular complexity index is 351. The topological polar surface area (TPSA) is 86.7 Å². The molecule has 0 aromatic carbocycles. The lowest BCUT2D eigenvalue weighted by Crippen LogP contribution is -2.34. The van der Waals surface area contributed by atoms with E-state index in [0.717, 1.165) is 12.8 Å². The number of carboxylic acids is 1. The molecule has 0 bridgehead atoms. The van der Waals surface area contributed by atoms with Crippen LogP contribution in [-0.4, -0.2) is 46.9 Å². The summed E-state index contributed by atoms with van der Waals surface area (Å²) in [5.41, 5.74) is 0. The molecule has 0 aromatic rings. The predicted molar refractivity (Wildman–Crippen MR) is 58.1 cm³/mol. The number of hydrogen-bond donors (Lipinski definition) is 2. The number of amides is 2. The third kappa shape index (κ3) is 2.95. The Morgan fingerprint density at radius 2 is 2.12 bits per heavy atom. The summed E-state index contributed by atoms with van der Waals surface area (Å²) >= 11 is 0. The van der Waals surface area contributed by atoms with Crippen LogP contribution in [0, 0.1) is 5.92 Å². The van der Waals surface area contributed by atoms with Crippen LogP contribution >= 0.6 is 0 Å². The first-order chi connectivity index (χ1) is 8.08. The van der Waals surface area contributed by atoms with Crippen LogP contribution in [0.4, 0.5) is 0 Å². The van der Waals surface area contributed by atoms with E-state index < -0.39 is 5.97 Å². The largest absolute Gasteiger partial charge is 0.481 e. The second-order valence-electron chi connectivity index (χ2n) is 4.61. The average Bonchev–Trinajstić information content (AvgIpc) is 3.01. The van der Waals surface area contributed by atoms with Crippen molar-refractivity contribution in [1.82, 2.24) is 10.2 Å². The highest BCUT2D eigenvalue weighted by Gasteiger charge is 2.41. The number of carboxylic acid groups (broad SMARTS) is 1. The van der Waals surface area contributed by atoms with Gasteiger partial charge in [0.2, 0.25) is 11.8 Å². The van der Waals surface area contributed by atoms with Gasteiger partial charge in [0.05, 0.1) is 12.3 Å². The van der Waals surface area contributed by atoms with Gasteiger partial charge in [-0.1, -0.05) is 0 Å². The SMILES string of the molecule is O=C(O)CCNC(=O)C1CC(=O)N(C2CC2)C1. The molecule has 0 aromatic heterocycles. The first kappa shape index (κ1) is 11.9. The molecule has 1 aliphatic carbocycles. The van der Waals surface area contributed by atoms with E-state index >= 15 is 0 Å². The zero-order valence-corrected chi connectivity index (χ0v) is 9.52. The van der Waals surface area contributed by atoms with Crippen molar-refractivity contribution in [2.75, 3.05) is 13.1 Å². The van der Waals surface area contributed by atoms with E-state index in [4.69, 9.17) is 5.11 Å². The monoisotopic (exact) mass is 240 g/mol. The summed E-state index contributed by atoms with van der Waals surface area (Å²) in [6, 6.07) is 0.347. The molecule has 1 atom stereocenters. The summed E-state index contributed by atoms with van der Waals surface area (Å²) in [5.74, 6) is -1.40. The molecular formula is C11H16N2O4. The highest BCUT2D eigenvalue weighted by Crippen LogP contribution is 2.32. The van der Waals surface area contributed by atoms with Gasteiger partial charge >= 0.3 is 5.97 Å². The third-order valence-electron chi connectivity index (χ3n) is 3.15. The number of hydrogen-bond acceptors (Lipinski definition) is 3. The summed E-state index contributed by atoms with van der Waals surface area (Å²) < 4.78 is 0. The second-order valence-corrected chi connectivity index (χ2v) is 4.61. The van der Waals surface area contributed by atoms with Gasteiger partial charge in [0.25, 0.3) is 0 Å². The van der Waals surface area contributed by atoms with Crippen molar-refractivity contribution < 1.29 is 19.5 Å². The van der Waals surface area contributed by atoms with Crippen molar-refractivity contribution >= 4 is 17.8 Å². The fraction of sp³-hybridized carbons (Fsp3) is 0.727. The van der Waals surface area contributed by atoms with Crippen molar-refractivity contribution in [1.29, 1.82) is 0 Å². The highest BCUT2D eigenvalue weighted by atomic mass is 16.4. The molecule has 1 heterocycles. The molecule has 17 heavy (non-hydrogen) atoms. The lowest BCUT2D eigenvalue weighted by molar-refractivity contribution is -0.137. The molecule has 2 amide bonds. The maximum atomic E-state index is 11.7. The molecule has 1 unspecified atom stereocenters. The average molecular weight is 240 g/mol. The van der Waals surface area contributed by atoms with Crippen molar-refractivity contribution in [2.45, 2.75) is 31.7 Å². The fourth-order valence-electron chi connectivity index (χ4n) is 2.08. The van der Waals surface area contributed by atoms with Crippen molar-refractivity contribution in [3.05, 3.63) is 0 Å². The van der Waals surface area contributed by atoms with Crippen LogP contribution < -0.4 is 5.32 Å². The maximum Gasteiger partial charge on any atom is 0.305 e. The summed E-state index contributed by atoms with van der Waals surface area (Å²) in [7, 11) is 0. The number of nitrogens with one attached hydrogen (secondary N) is 1. The van der Waals surface area contributed by atoms with E-state index in [9.17, 15) is 14.4 Å². The first-order valence-corrected chi connectivity index (χ1v) is 5.87. The summed E-state index contributed by atoms with van der Waals surface area (Å²) in [4.78, 5) is 35.4. The van der Waals surface area contributed by atoms with Crippen LogP contribution in [0.5, 0.6) is 0 Å². The number of likely N-dealkylation sites (tertiary alicyclic amines) is 1. The third-order valence-corrected chi connectivity index (χ3v) is 3.15. The van der Waals surface area contributed by atoms with E-state index in [-0.39, 0.29) is 37.1 Å². The minimum absolute atomic E-state index is 0.0471. The van der Waals surface area contributed by atoms with E-state index in [1.165, 1.54) is 0 Å². The molecule has 6 nitrogen and oxygen atoms in total. The van der Waals surface area contributed by atoms with E-state index in [1.807, 2.05) is 0 Å². The fourth-order valence-corrected chi connectivity index (χ4v) is 2.08. The molecule has 2 N–H and O–H groups in total. The van der Waals surface area contributed by atoms with E-state index in [1.54, 1.807) is 4.90 Å². The van der Waals surface area contributed by atoms with Crippen molar-refractivity contribution in [3.63, 3.8) is 0 Å². The molecule has 2 fully saturated rings. The first-order valence-electron chi connectivity index (χ1n) is 5.87. The van der Waals surface area contributed by atoms with Crippen LogP contribution in [0.25, 0.3) is 0 Å². The maximum absolute atomic E-state index is 11.7. The molecule has 1 saturated carbocycles. The molecule has 1 saturated heterocycles. The Morgan fingerprint density at radius 3 is 2.71 bits per heavy atom. The van der Waals surface area contributed by atoms with Gasteiger partial charge < -0.3 is 15.3 Å². The number of rotatable bonds is 5. The Morgan fingerprint density at radius 1 is 1.41 bits per heavy atom. The van der Waals surface area contributed by atoms with Gasteiger partial charge in [-0.25, -0.2) is 0 Å². The van der Waals surface area contributed by atoms with Gasteiger partial charge in [-0.2, -0.15) is 0 Å². The molecule has 6 heteroatoms. The Labute approximate surface area is 99.0 Å². The van der Waals surface area contributed by atoms with E-state index in [2.05, 4.69) is 5.32 Å². The molecule has 94 valence electrons. The van der Waals surface area contributed by atoms with Crippen LogP contribution in [-0.2, 0) is 14.4 Å². The molecule has 2 aliphatic rings. The van der Waals surface area contributed by atoms with Gasteiger partial charge in [-0.3, -0.25) is 14.4 Å². The van der Waals surface area contributed by atoms with Crippen molar-refractivity contribution in [2.24, 2.45) is 5.92 Å². The van der Waals surface area contributed by atoms with Crippen LogP contribution in [0.1, 0.15) is 25.7 Å². The van der Waals surface area contributed by atoms with Gasteiger partial charge in [-0.15, -0.1) is 0 Å². The van der Waals surface area contributed by atoms with E-state index in [0.29, 0.717) is 12.6 Å². The molecule has 1 aliphatic heterocycles. The predicted octanol–water partition coefficient (Wildman–Crippen LogP) is -0.412. The normalized spacial score (nSPS) is 23.9. The number of carbonyl (C=O) groups excluding carboxylic acids is 2. The quantitative estimate of drug-likeness (QED) is 0.684. The zero-order valence-electron chi connectivity index (χ0n) is 9.52. The Balaban J connectivity index is 1.76. The minimum atomic E-state index is -0.938. The van der Waals surface area contributed by atoms with Gasteiger partial charge in [0.15, 0.2) is 0 Å². The summed E-state index contributed by atoms with van der Waals surface area (Å²) in [6.07, 6.45) is 2.26. The lowest BCUT2D eigenvalue weighted by atomic mass is 10.1. The van der Waals surface area contributed by atoms with Gasteiger partial charge in [0.1, 0.15) is 0 Å². The lowest BCUT2D eigenvalue weighted by Gasteiger charge is -2.15. The van der Waals surface area contributed by atoms with Crippen molar-refractivity contribution in [3.8, 4) is 0 Å². The molecule has 0 spiro atoms. The zero-order chi connectivity index (χ0) is 12.4. The van der Waals surface area contributed by atoms with Gasteiger partial charge in [-0.05, 0) is 12.8 Å². The second kappa shape index (κ2) is 4.73. The summed E-state index contributed by atoms with van der Waals surface area (Å²) in [5, 5.41) is 11.0. The highest BCUT2D eigenvalue weighted by molar-refractivity contribution is 5.89. The standard InChI is InChI=1S/C11H16N2O4/c14-9-5-7(6-13(9)8-1-2-8)11(17)12-4-3-10(15)16/h7-8H,1-6H2,(H,12,17)(H,15,16). The summed E-state index contributed by atoms with van der Waals surface area (Å²) in [6.45, 7) is 0.616. The minimum Gasteiger partial charge on any atom is -0.481 e. The Kier molecular flexibility index (Phi) is 3.31. The molecular weight excluding hydrogens is 224 g/mol. The van der Waals surface area contributed by atoms with Crippen LogP contribution in [0.2, 0.25) is 0 Å². The Hall–Kier alpha value is -1.59. The molecule has 2 rings (SSSR count). The van der Waals surface area contributed by atoms with Crippen LogP contribution in [0.15, 0.2) is 0 Å². The number of nitrogens with zero attached hydrogens (tertiary/aromatic N) is 1. The molecule has 0 radical (unpaired) electrons. The number of aliphatic carboxylic acids is 1. The number of carbonyl (C=O) groups is 3. The smallest absolute Gasteiger partial charge is 0.305 e. The van der Waals surface area contributed by atoms with Crippen LogP contribution in [0.3, 0.4) is 0 Å². The van der Waals surface area contributed by atoms with Gasteiger partial charge in [0, 0.05) is 25.6 Å².